The van der Waals surface area contributed by atoms with Gasteiger partial charge in [-0.2, -0.15) is 10.5 Å². The topological polar surface area (TPSA) is 55.8 Å². The summed E-state index contributed by atoms with van der Waals surface area (Å²) < 4.78 is 2.37. The third-order valence-electron chi connectivity index (χ3n) is 10.6. The Bertz CT molecular complexity index is 2350. The van der Waals surface area contributed by atoms with E-state index in [2.05, 4.69) is 119 Å². The zero-order valence-electron chi connectivity index (χ0n) is 26.7. The number of anilines is 1. The van der Waals surface area contributed by atoms with E-state index in [1.54, 1.807) is 0 Å². The van der Waals surface area contributed by atoms with E-state index in [9.17, 15) is 10.5 Å². The Morgan fingerprint density at radius 2 is 1.54 bits per heavy atom. The van der Waals surface area contributed by atoms with E-state index < -0.39 is 0 Å². The number of rotatable bonds is 4. The lowest BCUT2D eigenvalue weighted by molar-refractivity contribution is 0.538. The number of nitriles is 2. The van der Waals surface area contributed by atoms with Gasteiger partial charge in [-0.05, 0) is 103 Å². The molecule has 0 radical (unpaired) electrons. The van der Waals surface area contributed by atoms with Gasteiger partial charge in [0.2, 0.25) is 0 Å². The standard InChI is InChI=1S/C44H34N4/c45-27-29-10-9-11-32(24-29)47-40-17-6-4-15-36(40)38-22-21-31(26-44(38)47)33-12-1-2-13-34(33)35-14-3-7-18-41(35)48-42-19-8-5-16-37(42)39-25-30(28-46)20-23-43(39)48/h1-2,4-5,8-15,18,20-26,37,42H,3,6-7,16-17,19H2. The summed E-state index contributed by atoms with van der Waals surface area (Å²) in [4.78, 5) is 2.59. The average Bonchev–Trinajstić information content (AvgIpc) is 3.67. The Labute approximate surface area is 281 Å². The Morgan fingerprint density at radius 3 is 2.44 bits per heavy atom. The van der Waals surface area contributed by atoms with Gasteiger partial charge in [-0.25, -0.2) is 0 Å². The molecule has 5 aromatic rings. The van der Waals surface area contributed by atoms with Crippen LogP contribution in [0.25, 0.3) is 39.4 Å². The molecule has 4 aliphatic rings. The lowest BCUT2D eigenvalue weighted by Crippen LogP contribution is -2.35. The zero-order valence-corrected chi connectivity index (χ0v) is 26.7. The second-order valence-electron chi connectivity index (χ2n) is 13.2. The largest absolute Gasteiger partial charge is 0.337 e. The maximum atomic E-state index is 9.71. The first-order chi connectivity index (χ1) is 23.7. The second-order valence-corrected chi connectivity index (χ2v) is 13.2. The van der Waals surface area contributed by atoms with Gasteiger partial charge >= 0.3 is 0 Å². The highest BCUT2D eigenvalue weighted by molar-refractivity contribution is 5.98. The maximum absolute atomic E-state index is 9.71. The highest BCUT2D eigenvalue weighted by atomic mass is 15.2. The van der Waals surface area contributed by atoms with Crippen molar-refractivity contribution in [3.63, 3.8) is 0 Å². The smallest absolute Gasteiger partial charge is 0.0992 e. The minimum absolute atomic E-state index is 0.335. The van der Waals surface area contributed by atoms with Gasteiger partial charge in [0.25, 0.3) is 0 Å². The van der Waals surface area contributed by atoms with Gasteiger partial charge in [0.15, 0.2) is 0 Å². The van der Waals surface area contributed by atoms with Gasteiger partial charge in [-0.3, -0.25) is 0 Å². The summed E-state index contributed by atoms with van der Waals surface area (Å²) in [7, 11) is 0. The van der Waals surface area contributed by atoms with Crippen LogP contribution in [0.2, 0.25) is 0 Å². The lowest BCUT2D eigenvalue weighted by atomic mass is 9.85. The molecule has 1 aliphatic heterocycles. The molecule has 9 rings (SSSR count). The molecular weight excluding hydrogens is 585 g/mol. The van der Waals surface area contributed by atoms with Crippen LogP contribution < -0.4 is 4.90 Å². The number of aromatic nitrogens is 1. The maximum Gasteiger partial charge on any atom is 0.0992 e. The Kier molecular flexibility index (Phi) is 6.77. The van der Waals surface area contributed by atoms with Crippen LogP contribution in [0, 0.1) is 22.7 Å². The predicted molar refractivity (Wildman–Crippen MR) is 195 cm³/mol. The number of hydrogen-bond acceptors (Lipinski definition) is 3. The fourth-order valence-electron chi connectivity index (χ4n) is 8.55. The van der Waals surface area contributed by atoms with Crippen LogP contribution in [0.4, 0.5) is 5.69 Å². The molecular formula is C44H34N4. The summed E-state index contributed by atoms with van der Waals surface area (Å²) in [6.45, 7) is 0. The highest BCUT2D eigenvalue weighted by Gasteiger charge is 2.41. The van der Waals surface area contributed by atoms with Crippen LogP contribution >= 0.6 is 0 Å². The Balaban J connectivity index is 1.19. The molecule has 0 spiro atoms. The summed E-state index contributed by atoms with van der Waals surface area (Å²) in [6, 6.07) is 35.1. The zero-order chi connectivity index (χ0) is 32.2. The molecule has 2 atom stereocenters. The molecule has 4 heteroatoms. The summed E-state index contributed by atoms with van der Waals surface area (Å²) in [5.41, 5.74) is 14.9. The molecule has 0 saturated carbocycles. The lowest BCUT2D eigenvalue weighted by Gasteiger charge is -2.36. The van der Waals surface area contributed by atoms with Crippen LogP contribution in [0.15, 0.2) is 121 Å². The third-order valence-corrected chi connectivity index (χ3v) is 10.6. The predicted octanol–water partition coefficient (Wildman–Crippen LogP) is 10.4. The first-order valence-electron chi connectivity index (χ1n) is 17.1. The van der Waals surface area contributed by atoms with Gasteiger partial charge in [0.05, 0.1) is 28.8 Å². The SMILES string of the molecule is N#Cc1cccc(-n2c3c(c4ccc(-c5ccccc5C5=CCCC=C5N5c6ccc(C#N)cc6C6CC=CCC65)cc42)C=CCC3)c1. The molecule has 4 aromatic carbocycles. The van der Waals surface area contributed by atoms with Crippen molar-refractivity contribution in [1.82, 2.24) is 4.57 Å². The van der Waals surface area contributed by atoms with Gasteiger partial charge < -0.3 is 9.47 Å². The van der Waals surface area contributed by atoms with Crippen molar-refractivity contribution in [2.45, 2.75) is 50.5 Å². The molecule has 0 bridgehead atoms. The van der Waals surface area contributed by atoms with Gasteiger partial charge in [0, 0.05) is 51.2 Å². The first kappa shape index (κ1) is 28.4. The Hall–Kier alpha value is -5.84. The quantitative estimate of drug-likeness (QED) is 0.188. The fourth-order valence-corrected chi connectivity index (χ4v) is 8.55. The normalized spacial score (nSPS) is 19.2. The molecule has 3 aliphatic carbocycles. The molecule has 48 heavy (non-hydrogen) atoms. The fraction of sp³-hybridized carbons (Fsp3) is 0.182. The third kappa shape index (κ3) is 4.41. The van der Waals surface area contributed by atoms with E-state index in [-0.39, 0.29) is 0 Å². The van der Waals surface area contributed by atoms with E-state index in [0.717, 1.165) is 49.8 Å². The van der Waals surface area contributed by atoms with E-state index in [1.807, 2.05) is 24.3 Å². The van der Waals surface area contributed by atoms with Crippen LogP contribution in [0.3, 0.4) is 0 Å². The number of benzene rings is 4. The molecule has 4 nitrogen and oxygen atoms in total. The number of allylic oxidation sites excluding steroid dienone is 5. The summed E-state index contributed by atoms with van der Waals surface area (Å²) >= 11 is 0. The van der Waals surface area contributed by atoms with E-state index >= 15 is 0 Å². The number of nitrogens with zero attached hydrogens (tertiary/aromatic N) is 4. The number of hydrogen-bond donors (Lipinski definition) is 0. The van der Waals surface area contributed by atoms with Crippen molar-refractivity contribution in [3.05, 3.63) is 155 Å². The van der Waals surface area contributed by atoms with Crippen molar-refractivity contribution < 1.29 is 0 Å². The van der Waals surface area contributed by atoms with Crippen LogP contribution in [-0.4, -0.2) is 10.6 Å². The van der Waals surface area contributed by atoms with Gasteiger partial charge in [-0.1, -0.05) is 78.9 Å². The summed E-state index contributed by atoms with van der Waals surface area (Å²) in [5, 5.41) is 20.7. The average molecular weight is 619 g/mol. The molecule has 230 valence electrons. The molecule has 0 N–H and O–H groups in total. The monoisotopic (exact) mass is 618 g/mol. The van der Waals surface area contributed by atoms with Crippen molar-refractivity contribution in [1.29, 1.82) is 10.5 Å². The molecule has 2 unspecified atom stereocenters. The highest BCUT2D eigenvalue weighted by Crippen LogP contribution is 2.51. The van der Waals surface area contributed by atoms with Crippen LogP contribution in [-0.2, 0) is 6.42 Å². The van der Waals surface area contributed by atoms with E-state index in [1.165, 1.54) is 61.4 Å². The van der Waals surface area contributed by atoms with Gasteiger partial charge in [-0.15, -0.1) is 0 Å². The van der Waals surface area contributed by atoms with E-state index in [0.29, 0.717) is 17.5 Å². The Morgan fingerprint density at radius 1 is 0.708 bits per heavy atom. The van der Waals surface area contributed by atoms with Crippen molar-refractivity contribution in [2.75, 3.05) is 4.90 Å². The van der Waals surface area contributed by atoms with Gasteiger partial charge in [0.1, 0.15) is 0 Å². The molecule has 0 saturated heterocycles. The minimum Gasteiger partial charge on any atom is -0.337 e. The van der Waals surface area contributed by atoms with Crippen molar-refractivity contribution >= 4 is 28.2 Å². The first-order valence-corrected chi connectivity index (χ1v) is 17.1. The van der Waals surface area contributed by atoms with Crippen molar-refractivity contribution in [2.24, 2.45) is 0 Å². The van der Waals surface area contributed by atoms with E-state index in [4.69, 9.17) is 0 Å². The number of fused-ring (bicyclic) bond motifs is 6. The summed E-state index contributed by atoms with van der Waals surface area (Å²) in [6.07, 6.45) is 20.0. The molecule has 0 fully saturated rings. The van der Waals surface area contributed by atoms with Crippen LogP contribution in [0.5, 0.6) is 0 Å². The second kappa shape index (κ2) is 11.4. The summed E-state index contributed by atoms with van der Waals surface area (Å²) in [5.74, 6) is 0.382. The molecule has 0 amide bonds. The minimum atomic E-state index is 0.335. The van der Waals surface area contributed by atoms with Crippen LogP contribution in [0.1, 0.15) is 71.5 Å². The molecule has 1 aromatic heterocycles. The molecule has 2 heterocycles. The van der Waals surface area contributed by atoms with Crippen molar-refractivity contribution in [3.8, 4) is 29.0 Å².